The van der Waals surface area contributed by atoms with Crippen LogP contribution < -0.4 is 45.7 Å². The molecule has 0 bridgehead atoms. The third kappa shape index (κ3) is 11.5. The molecule has 0 saturated heterocycles. The Bertz CT molecular complexity index is 2610. The summed E-state index contributed by atoms with van der Waals surface area (Å²) in [5.41, 5.74) is -1.59. The molecule has 0 amide bonds. The molecule has 15 nitrogen and oxygen atoms in total. The molecule has 0 radical (unpaired) electrons. The molecule has 2 aromatic heterocycles. The van der Waals surface area contributed by atoms with E-state index in [1.54, 1.807) is 23.6 Å². The van der Waals surface area contributed by atoms with Gasteiger partial charge in [-0.25, -0.2) is 9.59 Å². The molecule has 1 aliphatic heterocycles. The first kappa shape index (κ1) is 48.8. The van der Waals surface area contributed by atoms with Crippen LogP contribution in [0.5, 0.6) is 5.75 Å². The van der Waals surface area contributed by atoms with Gasteiger partial charge in [-0.1, -0.05) is 52.4 Å². The molecule has 1 atom stereocenters. The van der Waals surface area contributed by atoms with Crippen LogP contribution in [0, 0.1) is 0 Å². The van der Waals surface area contributed by atoms with Gasteiger partial charge < -0.3 is 25.4 Å². The minimum absolute atomic E-state index is 0. The number of benzene rings is 2. The molecule has 2 aromatic carbocycles. The zero-order chi connectivity index (χ0) is 43.1. The molecule has 60 heavy (non-hydrogen) atoms. The molecule has 322 valence electrons. The van der Waals surface area contributed by atoms with Gasteiger partial charge >= 0.3 is 46.8 Å². The topological polar surface area (TPSA) is 233 Å². The minimum atomic E-state index is -4.69. The Morgan fingerprint density at radius 2 is 1.53 bits per heavy atom. The molecule has 1 aliphatic rings. The Morgan fingerprint density at radius 3 is 2.13 bits per heavy atom. The summed E-state index contributed by atoms with van der Waals surface area (Å²) in [7, 11) is -9.06. The summed E-state index contributed by atoms with van der Waals surface area (Å²) in [5, 5.41) is 20.9. The van der Waals surface area contributed by atoms with Gasteiger partial charge in [0.05, 0.1) is 21.4 Å². The van der Waals surface area contributed by atoms with Crippen LogP contribution in [0.15, 0.2) is 65.8 Å². The Labute approximate surface area is 373 Å². The largest absolute Gasteiger partial charge is 1.00 e. The van der Waals surface area contributed by atoms with Gasteiger partial charge in [0.2, 0.25) is 5.69 Å². The first-order valence-electron chi connectivity index (χ1n) is 20.0. The molecule has 0 saturated carbocycles. The van der Waals surface area contributed by atoms with Crippen LogP contribution in [0.4, 0.5) is 11.4 Å². The average molecular weight is 882 g/mol. The van der Waals surface area contributed by atoms with Crippen LogP contribution in [0.1, 0.15) is 110 Å². The zero-order valence-corrected chi connectivity index (χ0v) is 38.2. The average Bonchev–Trinajstić information content (AvgIpc) is 3.38. The van der Waals surface area contributed by atoms with Crippen molar-refractivity contribution in [3.05, 3.63) is 74.4 Å². The number of unbranched alkanes of at least 4 members (excludes halogenated alkanes) is 6. The van der Waals surface area contributed by atoms with Gasteiger partial charge in [0.1, 0.15) is 28.8 Å². The number of allylic oxidation sites excluding steroid dienone is 1. The van der Waals surface area contributed by atoms with Crippen LogP contribution in [0.25, 0.3) is 28.0 Å². The number of hydrogen-bond acceptors (Lipinski definition) is 11. The smallest absolute Gasteiger partial charge is 1.00 e. The fourth-order valence-electron chi connectivity index (χ4n) is 7.88. The van der Waals surface area contributed by atoms with Crippen molar-refractivity contribution in [2.45, 2.75) is 108 Å². The van der Waals surface area contributed by atoms with Crippen LogP contribution in [0.2, 0.25) is 0 Å². The van der Waals surface area contributed by atoms with E-state index in [9.17, 15) is 50.5 Å². The Kier molecular flexibility index (Phi) is 16.9. The number of rotatable bonds is 22. The summed E-state index contributed by atoms with van der Waals surface area (Å²) in [6.07, 6.45) is 11.2. The number of aromatic hydroxyl groups is 1. The van der Waals surface area contributed by atoms with E-state index in [0.29, 0.717) is 22.3 Å². The third-order valence-corrected chi connectivity index (χ3v) is 12.6. The summed E-state index contributed by atoms with van der Waals surface area (Å²) in [6, 6.07) is 9.11. The number of nitrogens with zero attached hydrogens (tertiary/aromatic N) is 2. The van der Waals surface area contributed by atoms with Crippen molar-refractivity contribution >= 4 is 71.3 Å². The molecular formula is C42H54N2NaO13S2+. The van der Waals surface area contributed by atoms with Crippen molar-refractivity contribution in [1.29, 1.82) is 0 Å². The fraction of sp³-hybridized carbons (Fsp3) is 0.476. The first-order chi connectivity index (χ1) is 27.9. The molecule has 18 heteroatoms. The maximum atomic E-state index is 13.7. The normalized spacial score (nSPS) is 15.6. The summed E-state index contributed by atoms with van der Waals surface area (Å²) in [5.74, 6) is -2.41. The molecular weight excluding hydrogens is 828 g/mol. The molecule has 1 unspecified atom stereocenters. The van der Waals surface area contributed by atoms with Gasteiger partial charge in [-0.05, 0) is 62.9 Å². The summed E-state index contributed by atoms with van der Waals surface area (Å²) in [6.45, 7) is 7.61. The van der Waals surface area contributed by atoms with Crippen LogP contribution >= 0.6 is 0 Å². The van der Waals surface area contributed by atoms with Crippen molar-refractivity contribution in [3.63, 3.8) is 0 Å². The molecule has 4 aromatic rings. The Morgan fingerprint density at radius 1 is 0.867 bits per heavy atom. The van der Waals surface area contributed by atoms with Gasteiger partial charge in [0, 0.05) is 55.4 Å². The third-order valence-electron chi connectivity index (χ3n) is 10.9. The number of aliphatic carboxylic acids is 1. The second-order valence-electron chi connectivity index (χ2n) is 15.3. The summed E-state index contributed by atoms with van der Waals surface area (Å²) >= 11 is 0. The zero-order valence-electron chi connectivity index (χ0n) is 35.6. The second-order valence-corrected chi connectivity index (χ2v) is 18.3. The molecule has 3 heterocycles. The van der Waals surface area contributed by atoms with Crippen molar-refractivity contribution in [2.75, 3.05) is 30.3 Å². The molecule has 0 spiro atoms. The number of fused-ring (bicyclic) bond motifs is 4. The SMILES string of the molecule is CCCCCCN(CCCCCC)c1ccc2c(c1)oc(=O)c1c(O)c(/C=C/C3=[N+](CCCS(=O)(=O)O)c4ccc(S(=O)(=O)O)cc4C3(C)CCCC(=O)O)c(=O)oc12.[H-].[Na+]. The molecule has 5 rings (SSSR count). The predicted octanol–water partition coefficient (Wildman–Crippen LogP) is 4.54. The van der Waals surface area contributed by atoms with Crippen molar-refractivity contribution in [1.82, 2.24) is 0 Å². The van der Waals surface area contributed by atoms with Crippen LogP contribution in [-0.4, -0.2) is 77.8 Å². The minimum Gasteiger partial charge on any atom is -1.00 e. The Balaban J connectivity index is 0.00000496. The monoisotopic (exact) mass is 881 g/mol. The van der Waals surface area contributed by atoms with Crippen molar-refractivity contribution in [2.24, 2.45) is 0 Å². The van der Waals surface area contributed by atoms with Crippen molar-refractivity contribution in [3.8, 4) is 5.75 Å². The quantitative estimate of drug-likeness (QED) is 0.0212. The number of anilines is 1. The maximum Gasteiger partial charge on any atom is 1.00 e. The van der Waals surface area contributed by atoms with E-state index in [0.717, 1.165) is 76.2 Å². The van der Waals surface area contributed by atoms with E-state index in [1.165, 1.54) is 24.3 Å². The number of hydrogen-bond donors (Lipinski definition) is 4. The van der Waals surface area contributed by atoms with E-state index in [2.05, 4.69) is 18.7 Å². The van der Waals surface area contributed by atoms with Gasteiger partial charge in [0.25, 0.3) is 20.2 Å². The molecule has 4 N–H and O–H groups in total. The Hall–Kier alpha value is -3.84. The molecule has 0 aliphatic carbocycles. The maximum absolute atomic E-state index is 13.7. The van der Waals surface area contributed by atoms with E-state index >= 15 is 0 Å². The van der Waals surface area contributed by atoms with Gasteiger partial charge in [-0.3, -0.25) is 13.9 Å². The van der Waals surface area contributed by atoms with Crippen LogP contribution in [-0.2, 0) is 30.4 Å². The first-order valence-corrected chi connectivity index (χ1v) is 23.1. The van der Waals surface area contributed by atoms with Crippen LogP contribution in [0.3, 0.4) is 0 Å². The van der Waals surface area contributed by atoms with E-state index in [1.807, 2.05) is 6.07 Å². The fourth-order valence-corrected chi connectivity index (χ4v) is 8.88. The van der Waals surface area contributed by atoms with E-state index < -0.39 is 64.8 Å². The van der Waals surface area contributed by atoms with E-state index in [4.69, 9.17) is 8.83 Å². The predicted molar refractivity (Wildman–Crippen MR) is 227 cm³/mol. The van der Waals surface area contributed by atoms with Gasteiger partial charge in [-0.2, -0.15) is 21.4 Å². The second kappa shape index (κ2) is 20.8. The standard InChI is InChI=1S/C42H52N2O13S2.Na.H/c1-4-6-8-10-22-43(23-11-9-7-5-2)28-15-17-30-34(26-28)56-41(49)37-38(47)31(40(48)57-39(30)37)18-20-35-42(3,21-12-14-36(45)46)32-27-29(59(53,54)55)16-19-33(32)44(35)24-13-25-58(50,51)52;;/h15-20,26-27H,4-14,21-25H2,1-3H3,(H3,45,46,50,51,52,53,54,55);;/q;+1;-1/p+1. The van der Waals surface area contributed by atoms with Gasteiger partial charge in [0.15, 0.2) is 11.3 Å². The van der Waals surface area contributed by atoms with Gasteiger partial charge in [-0.15, -0.1) is 0 Å². The number of carboxylic acid groups (broad SMARTS) is 1. The number of carbonyl (C=O) groups is 1. The summed E-state index contributed by atoms with van der Waals surface area (Å²) in [4.78, 5) is 40.6. The van der Waals surface area contributed by atoms with E-state index in [-0.39, 0.29) is 79.8 Å². The summed E-state index contributed by atoms with van der Waals surface area (Å²) < 4.78 is 80.1. The van der Waals surface area contributed by atoms with Crippen molar-refractivity contribution < 1.29 is 85.3 Å². The molecule has 0 fully saturated rings. The number of carboxylic acids is 1.